The zero-order valence-electron chi connectivity index (χ0n) is 10.3. The number of nitrogens with one attached hydrogen (secondary N) is 1. The van der Waals surface area contributed by atoms with Crippen LogP contribution in [0.4, 0.5) is 0 Å². The lowest BCUT2D eigenvalue weighted by atomic mass is 10.0. The van der Waals surface area contributed by atoms with Gasteiger partial charge in [0.2, 0.25) is 5.88 Å². The van der Waals surface area contributed by atoms with Gasteiger partial charge < -0.3 is 9.84 Å². The quantitative estimate of drug-likeness (QED) is 0.781. The number of pyridine rings is 1. The molecular weight excluding hydrogens is 220 g/mol. The Kier molecular flexibility index (Phi) is 4.90. The molecule has 1 aromatic heterocycles. The van der Waals surface area contributed by atoms with Crippen molar-refractivity contribution in [3.8, 4) is 5.88 Å². The van der Waals surface area contributed by atoms with Crippen LogP contribution >= 0.6 is 0 Å². The second-order valence-electron chi connectivity index (χ2n) is 4.11. The number of aromatic nitrogens is 1. The third-order valence-electron chi connectivity index (χ3n) is 2.43. The summed E-state index contributed by atoms with van der Waals surface area (Å²) in [5, 5.41) is 12.0. The fourth-order valence-electron chi connectivity index (χ4n) is 1.49. The van der Waals surface area contributed by atoms with Gasteiger partial charge in [-0.1, -0.05) is 19.9 Å². The third-order valence-corrected chi connectivity index (χ3v) is 2.43. The van der Waals surface area contributed by atoms with Crippen LogP contribution in [0.15, 0.2) is 18.2 Å². The highest BCUT2D eigenvalue weighted by Crippen LogP contribution is 2.08. The highest BCUT2D eigenvalue weighted by atomic mass is 16.5. The summed E-state index contributed by atoms with van der Waals surface area (Å²) < 4.78 is 5.00. The van der Waals surface area contributed by atoms with E-state index in [1.165, 1.54) is 0 Å². The van der Waals surface area contributed by atoms with Gasteiger partial charge in [0.05, 0.1) is 12.8 Å². The fraction of sp³-hybridized carbons (Fsp3) is 0.500. The van der Waals surface area contributed by atoms with E-state index in [1.807, 2.05) is 26.0 Å². The van der Waals surface area contributed by atoms with Gasteiger partial charge in [0.25, 0.3) is 0 Å². The van der Waals surface area contributed by atoms with Crippen molar-refractivity contribution in [2.75, 3.05) is 7.11 Å². The minimum Gasteiger partial charge on any atom is -0.481 e. The molecule has 5 heteroatoms. The van der Waals surface area contributed by atoms with E-state index in [4.69, 9.17) is 9.84 Å². The van der Waals surface area contributed by atoms with E-state index >= 15 is 0 Å². The molecule has 0 amide bonds. The highest BCUT2D eigenvalue weighted by Gasteiger charge is 2.20. The summed E-state index contributed by atoms with van der Waals surface area (Å²) in [7, 11) is 1.55. The number of hydrogen-bond donors (Lipinski definition) is 2. The van der Waals surface area contributed by atoms with Crippen molar-refractivity contribution in [2.24, 2.45) is 5.92 Å². The molecule has 1 heterocycles. The molecule has 0 aliphatic carbocycles. The number of hydrogen-bond acceptors (Lipinski definition) is 4. The van der Waals surface area contributed by atoms with Gasteiger partial charge in [-0.25, -0.2) is 4.98 Å². The van der Waals surface area contributed by atoms with Crippen LogP contribution in [0.25, 0.3) is 0 Å². The Balaban J connectivity index is 2.62. The predicted molar refractivity (Wildman–Crippen MR) is 63.9 cm³/mol. The lowest BCUT2D eigenvalue weighted by molar-refractivity contribution is -0.140. The standard InChI is InChI=1S/C12H18N2O3/c1-8(2)11(12(15)16)13-7-9-5-4-6-10(14-9)17-3/h4-6,8,11,13H,7H2,1-3H3,(H,15,16). The molecule has 0 aromatic carbocycles. The first-order valence-corrected chi connectivity index (χ1v) is 5.50. The molecular formula is C12H18N2O3. The zero-order valence-corrected chi connectivity index (χ0v) is 10.3. The molecule has 0 aliphatic heterocycles. The molecule has 0 bridgehead atoms. The van der Waals surface area contributed by atoms with Crippen molar-refractivity contribution in [2.45, 2.75) is 26.4 Å². The predicted octanol–water partition coefficient (Wildman–Crippen LogP) is 1.29. The Morgan fingerprint density at radius 1 is 1.53 bits per heavy atom. The second-order valence-corrected chi connectivity index (χ2v) is 4.11. The van der Waals surface area contributed by atoms with Crippen molar-refractivity contribution < 1.29 is 14.6 Å². The maximum absolute atomic E-state index is 11.0. The van der Waals surface area contributed by atoms with Crippen LogP contribution in [-0.4, -0.2) is 29.2 Å². The molecule has 0 spiro atoms. The summed E-state index contributed by atoms with van der Waals surface area (Å²) in [6.45, 7) is 4.14. The lowest BCUT2D eigenvalue weighted by Crippen LogP contribution is -2.40. The maximum atomic E-state index is 11.0. The number of ether oxygens (including phenoxy) is 1. The average molecular weight is 238 g/mol. The summed E-state index contributed by atoms with van der Waals surface area (Å²) in [6, 6.07) is 4.84. The Labute approximate surface area is 101 Å². The van der Waals surface area contributed by atoms with Crippen molar-refractivity contribution in [1.29, 1.82) is 0 Å². The minimum absolute atomic E-state index is 0.0260. The Bertz CT molecular complexity index is 380. The van der Waals surface area contributed by atoms with Crippen LogP contribution in [0.1, 0.15) is 19.5 Å². The topological polar surface area (TPSA) is 71.5 Å². The average Bonchev–Trinajstić information content (AvgIpc) is 2.28. The van der Waals surface area contributed by atoms with Gasteiger partial charge in [-0.15, -0.1) is 0 Å². The van der Waals surface area contributed by atoms with E-state index in [0.29, 0.717) is 12.4 Å². The summed E-state index contributed by atoms with van der Waals surface area (Å²) in [4.78, 5) is 15.2. The van der Waals surface area contributed by atoms with E-state index in [2.05, 4.69) is 10.3 Å². The molecule has 94 valence electrons. The van der Waals surface area contributed by atoms with Gasteiger partial charge in [-0.3, -0.25) is 10.1 Å². The summed E-state index contributed by atoms with van der Waals surface area (Å²) in [5.74, 6) is -0.290. The molecule has 1 atom stereocenters. The van der Waals surface area contributed by atoms with E-state index in [9.17, 15) is 4.79 Å². The van der Waals surface area contributed by atoms with Gasteiger partial charge in [-0.2, -0.15) is 0 Å². The molecule has 1 unspecified atom stereocenters. The first-order chi connectivity index (χ1) is 8.04. The number of carbonyl (C=O) groups is 1. The van der Waals surface area contributed by atoms with Gasteiger partial charge in [0.15, 0.2) is 0 Å². The first-order valence-electron chi connectivity index (χ1n) is 5.50. The molecule has 17 heavy (non-hydrogen) atoms. The summed E-state index contributed by atoms with van der Waals surface area (Å²) >= 11 is 0. The largest absolute Gasteiger partial charge is 0.481 e. The number of rotatable bonds is 6. The molecule has 0 radical (unpaired) electrons. The van der Waals surface area contributed by atoms with E-state index in [-0.39, 0.29) is 5.92 Å². The van der Waals surface area contributed by atoms with Gasteiger partial charge >= 0.3 is 5.97 Å². The van der Waals surface area contributed by atoms with Crippen molar-refractivity contribution in [3.05, 3.63) is 23.9 Å². The van der Waals surface area contributed by atoms with Crippen molar-refractivity contribution in [1.82, 2.24) is 10.3 Å². The molecule has 0 saturated carbocycles. The number of aliphatic carboxylic acids is 1. The van der Waals surface area contributed by atoms with Crippen LogP contribution in [-0.2, 0) is 11.3 Å². The monoisotopic (exact) mass is 238 g/mol. The third kappa shape index (κ3) is 4.03. The minimum atomic E-state index is -0.845. The summed E-state index contributed by atoms with van der Waals surface area (Å²) in [6.07, 6.45) is 0. The van der Waals surface area contributed by atoms with Crippen LogP contribution in [0.3, 0.4) is 0 Å². The normalized spacial score (nSPS) is 12.5. The molecule has 1 aromatic rings. The molecule has 0 saturated heterocycles. The number of nitrogens with zero attached hydrogens (tertiary/aromatic N) is 1. The van der Waals surface area contributed by atoms with E-state index < -0.39 is 12.0 Å². The van der Waals surface area contributed by atoms with E-state index in [1.54, 1.807) is 13.2 Å². The molecule has 0 fully saturated rings. The fourth-order valence-corrected chi connectivity index (χ4v) is 1.49. The van der Waals surface area contributed by atoms with Gasteiger partial charge in [-0.05, 0) is 12.0 Å². The van der Waals surface area contributed by atoms with Crippen molar-refractivity contribution in [3.63, 3.8) is 0 Å². The van der Waals surface area contributed by atoms with Crippen LogP contribution in [0, 0.1) is 5.92 Å². The van der Waals surface area contributed by atoms with Crippen LogP contribution < -0.4 is 10.1 Å². The molecule has 5 nitrogen and oxygen atoms in total. The van der Waals surface area contributed by atoms with Gasteiger partial charge in [0, 0.05) is 12.6 Å². The molecule has 0 aliphatic rings. The van der Waals surface area contributed by atoms with Crippen LogP contribution in [0.2, 0.25) is 0 Å². The van der Waals surface area contributed by atoms with E-state index in [0.717, 1.165) is 5.69 Å². The SMILES string of the molecule is COc1cccc(CNC(C(=O)O)C(C)C)n1. The zero-order chi connectivity index (χ0) is 12.8. The van der Waals surface area contributed by atoms with Gasteiger partial charge in [0.1, 0.15) is 6.04 Å². The number of methoxy groups -OCH3 is 1. The molecule has 1 rings (SSSR count). The van der Waals surface area contributed by atoms with Crippen molar-refractivity contribution >= 4 is 5.97 Å². The number of carboxylic acids is 1. The Morgan fingerprint density at radius 3 is 2.76 bits per heavy atom. The lowest BCUT2D eigenvalue weighted by Gasteiger charge is -2.17. The Morgan fingerprint density at radius 2 is 2.24 bits per heavy atom. The smallest absolute Gasteiger partial charge is 0.320 e. The highest BCUT2D eigenvalue weighted by molar-refractivity contribution is 5.73. The number of carboxylic acid groups (broad SMARTS) is 1. The second kappa shape index (κ2) is 6.20. The molecule has 2 N–H and O–H groups in total. The van der Waals surface area contributed by atoms with Crippen LogP contribution in [0.5, 0.6) is 5.88 Å². The first kappa shape index (κ1) is 13.4. The summed E-state index contributed by atoms with van der Waals surface area (Å²) in [5.41, 5.74) is 0.760. The maximum Gasteiger partial charge on any atom is 0.320 e. The Hall–Kier alpha value is -1.62.